The number of benzene rings is 2. The molecule has 0 radical (unpaired) electrons. The number of aryl methyl sites for hydroxylation is 1. The van der Waals surface area contributed by atoms with Crippen molar-refractivity contribution in [1.29, 1.82) is 0 Å². The molecule has 2 rings (SSSR count). The summed E-state index contributed by atoms with van der Waals surface area (Å²) in [5.74, 6) is 0. The molecular formula is C25H37NO. The van der Waals surface area contributed by atoms with Gasteiger partial charge in [-0.25, -0.2) is 0 Å². The topological polar surface area (TPSA) is 32.6 Å². The molecule has 2 heteroatoms. The number of rotatable bonds is 13. The summed E-state index contributed by atoms with van der Waals surface area (Å²) in [6, 6.07) is 12.9. The van der Waals surface area contributed by atoms with E-state index in [4.69, 9.17) is 0 Å². The highest BCUT2D eigenvalue weighted by Gasteiger charge is 2.10. The van der Waals surface area contributed by atoms with Gasteiger partial charge in [0, 0.05) is 5.56 Å². The van der Waals surface area contributed by atoms with Crippen LogP contribution >= 0.6 is 0 Å². The molecule has 0 saturated carbocycles. The number of hydrogen-bond donors (Lipinski definition) is 1. The fourth-order valence-electron chi connectivity index (χ4n) is 3.95. The fourth-order valence-corrected chi connectivity index (χ4v) is 3.95. The average Bonchev–Trinajstić information content (AvgIpc) is 2.71. The highest BCUT2D eigenvalue weighted by atomic mass is 16.4. The lowest BCUT2D eigenvalue weighted by atomic mass is 9.93. The maximum Gasteiger partial charge on any atom is 0.0871 e. The summed E-state index contributed by atoms with van der Waals surface area (Å²) >= 11 is 0. The second kappa shape index (κ2) is 12.5. The first-order chi connectivity index (χ1) is 13.3. The molecule has 0 fully saturated rings. The minimum atomic E-state index is 0.734. The fraction of sp³-hybridized carbons (Fsp3) is 0.560. The van der Waals surface area contributed by atoms with Crippen molar-refractivity contribution in [3.63, 3.8) is 0 Å². The molecule has 0 aliphatic heterocycles. The maximum atomic E-state index is 9.30. The van der Waals surface area contributed by atoms with Crippen molar-refractivity contribution in [2.45, 2.75) is 90.9 Å². The van der Waals surface area contributed by atoms with Gasteiger partial charge in [-0.3, -0.25) is 0 Å². The van der Waals surface area contributed by atoms with E-state index in [0.29, 0.717) is 0 Å². The molecule has 0 saturated heterocycles. The van der Waals surface area contributed by atoms with Crippen molar-refractivity contribution in [3.8, 4) is 0 Å². The van der Waals surface area contributed by atoms with Crippen molar-refractivity contribution < 1.29 is 5.21 Å². The summed E-state index contributed by atoms with van der Waals surface area (Å²) in [6.07, 6.45) is 15.6. The van der Waals surface area contributed by atoms with E-state index < -0.39 is 0 Å². The summed E-state index contributed by atoms with van der Waals surface area (Å²) in [5.41, 5.74) is 3.24. The van der Waals surface area contributed by atoms with Gasteiger partial charge in [-0.05, 0) is 35.6 Å². The monoisotopic (exact) mass is 367 g/mol. The summed E-state index contributed by atoms with van der Waals surface area (Å²) in [7, 11) is 0. The lowest BCUT2D eigenvalue weighted by Crippen LogP contribution is -2.01. The van der Waals surface area contributed by atoms with E-state index >= 15 is 0 Å². The molecular weight excluding hydrogens is 330 g/mol. The quantitative estimate of drug-likeness (QED) is 0.166. The van der Waals surface area contributed by atoms with Crippen molar-refractivity contribution >= 4 is 16.5 Å². The third kappa shape index (κ3) is 6.68. The Morgan fingerprint density at radius 1 is 0.741 bits per heavy atom. The number of fused-ring (bicyclic) bond motifs is 1. The zero-order valence-electron chi connectivity index (χ0n) is 17.3. The predicted molar refractivity (Wildman–Crippen MR) is 118 cm³/mol. The first-order valence-electron chi connectivity index (χ1n) is 11.0. The zero-order chi connectivity index (χ0) is 19.3. The van der Waals surface area contributed by atoms with Gasteiger partial charge in [-0.1, -0.05) is 113 Å². The Morgan fingerprint density at radius 2 is 1.33 bits per heavy atom. The van der Waals surface area contributed by atoms with E-state index in [-0.39, 0.29) is 0 Å². The number of unbranched alkanes of at least 4 members (excludes halogenated alkanes) is 9. The molecule has 0 aromatic heterocycles. The third-order valence-corrected chi connectivity index (χ3v) is 5.58. The van der Waals surface area contributed by atoms with Gasteiger partial charge in [-0.2, -0.15) is 0 Å². The molecule has 27 heavy (non-hydrogen) atoms. The van der Waals surface area contributed by atoms with Crippen LogP contribution in [0.2, 0.25) is 0 Å². The first kappa shape index (κ1) is 21.5. The van der Waals surface area contributed by atoms with E-state index in [1.165, 1.54) is 80.5 Å². The van der Waals surface area contributed by atoms with E-state index in [0.717, 1.165) is 24.1 Å². The number of oxime groups is 1. The van der Waals surface area contributed by atoms with Gasteiger partial charge < -0.3 is 5.21 Å². The highest BCUT2D eigenvalue weighted by molar-refractivity contribution is 6.11. The molecule has 2 aromatic carbocycles. The molecule has 0 aliphatic rings. The van der Waals surface area contributed by atoms with Crippen LogP contribution in [-0.2, 0) is 6.42 Å². The van der Waals surface area contributed by atoms with Gasteiger partial charge in [0.25, 0.3) is 0 Å². The standard InChI is InChI=1S/C25H37NO/c1-3-5-6-7-8-9-10-11-12-13-16-21-19-20-24(25(4-2)26-27)23-18-15-14-17-22(21)23/h14-15,17-20,27H,3-13,16H2,1-2H3. The summed E-state index contributed by atoms with van der Waals surface area (Å²) in [4.78, 5) is 0. The molecule has 0 aliphatic carbocycles. The molecule has 2 aromatic rings. The van der Waals surface area contributed by atoms with E-state index in [2.05, 4.69) is 48.5 Å². The van der Waals surface area contributed by atoms with Gasteiger partial charge in [0.05, 0.1) is 5.71 Å². The lowest BCUT2D eigenvalue weighted by Gasteiger charge is -2.12. The molecule has 148 valence electrons. The second-order valence-corrected chi connectivity index (χ2v) is 7.65. The summed E-state index contributed by atoms with van der Waals surface area (Å²) in [6.45, 7) is 4.31. The van der Waals surface area contributed by atoms with Gasteiger partial charge in [-0.15, -0.1) is 0 Å². The zero-order valence-corrected chi connectivity index (χ0v) is 17.3. The maximum absolute atomic E-state index is 9.30. The van der Waals surface area contributed by atoms with Crippen LogP contribution in [0.15, 0.2) is 41.6 Å². The Balaban J connectivity index is 1.83. The summed E-state index contributed by atoms with van der Waals surface area (Å²) < 4.78 is 0. The number of hydrogen-bond acceptors (Lipinski definition) is 2. The van der Waals surface area contributed by atoms with Crippen LogP contribution in [0.5, 0.6) is 0 Å². The van der Waals surface area contributed by atoms with Crippen molar-refractivity contribution in [1.82, 2.24) is 0 Å². The minimum Gasteiger partial charge on any atom is -0.411 e. The Kier molecular flexibility index (Phi) is 9.97. The van der Waals surface area contributed by atoms with Crippen LogP contribution in [0, 0.1) is 0 Å². The van der Waals surface area contributed by atoms with Crippen LogP contribution in [-0.4, -0.2) is 10.9 Å². The predicted octanol–water partition coefficient (Wildman–Crippen LogP) is 7.89. The third-order valence-electron chi connectivity index (χ3n) is 5.58. The van der Waals surface area contributed by atoms with Crippen LogP contribution in [0.3, 0.4) is 0 Å². The van der Waals surface area contributed by atoms with Gasteiger partial charge >= 0.3 is 0 Å². The van der Waals surface area contributed by atoms with Crippen LogP contribution in [0.1, 0.15) is 95.6 Å². The SMILES string of the molecule is CCCCCCCCCCCCc1ccc(C(CC)=NO)c2ccccc12. The average molecular weight is 368 g/mol. The smallest absolute Gasteiger partial charge is 0.0871 e. The van der Waals surface area contributed by atoms with Gasteiger partial charge in [0.15, 0.2) is 0 Å². The lowest BCUT2D eigenvalue weighted by molar-refractivity contribution is 0.318. The van der Waals surface area contributed by atoms with Gasteiger partial charge in [0.2, 0.25) is 0 Å². The van der Waals surface area contributed by atoms with Crippen LogP contribution in [0.25, 0.3) is 10.8 Å². The van der Waals surface area contributed by atoms with Crippen molar-refractivity contribution in [2.75, 3.05) is 0 Å². The molecule has 2 nitrogen and oxygen atoms in total. The molecule has 0 amide bonds. The van der Waals surface area contributed by atoms with E-state index in [9.17, 15) is 5.21 Å². The largest absolute Gasteiger partial charge is 0.411 e. The van der Waals surface area contributed by atoms with Gasteiger partial charge in [0.1, 0.15) is 0 Å². The Morgan fingerprint density at radius 3 is 1.93 bits per heavy atom. The van der Waals surface area contributed by atoms with E-state index in [1.54, 1.807) is 0 Å². The molecule has 0 unspecified atom stereocenters. The molecule has 0 spiro atoms. The molecule has 0 atom stereocenters. The minimum absolute atomic E-state index is 0.734. The Labute approximate surface area is 165 Å². The van der Waals surface area contributed by atoms with Crippen molar-refractivity contribution in [2.24, 2.45) is 5.16 Å². The number of nitrogens with zero attached hydrogens (tertiary/aromatic N) is 1. The normalized spacial score (nSPS) is 12.0. The molecule has 1 N–H and O–H groups in total. The summed E-state index contributed by atoms with van der Waals surface area (Å²) in [5, 5.41) is 15.3. The van der Waals surface area contributed by atoms with E-state index in [1.807, 2.05) is 6.92 Å². The van der Waals surface area contributed by atoms with Crippen LogP contribution < -0.4 is 0 Å². The first-order valence-corrected chi connectivity index (χ1v) is 11.0. The molecule has 0 heterocycles. The Hall–Kier alpha value is -1.83. The van der Waals surface area contributed by atoms with Crippen molar-refractivity contribution in [3.05, 3.63) is 47.5 Å². The molecule has 0 bridgehead atoms. The Bertz CT molecular complexity index is 705. The highest BCUT2D eigenvalue weighted by Crippen LogP contribution is 2.26. The second-order valence-electron chi connectivity index (χ2n) is 7.65. The van der Waals surface area contributed by atoms with Crippen LogP contribution in [0.4, 0.5) is 0 Å².